The van der Waals surface area contributed by atoms with Crippen LogP contribution in [0.2, 0.25) is 0 Å². The Labute approximate surface area is 154 Å². The highest BCUT2D eigenvalue weighted by molar-refractivity contribution is 5.21. The van der Waals surface area contributed by atoms with Crippen molar-refractivity contribution in [2.75, 3.05) is 19.7 Å². The minimum atomic E-state index is -0.703. The molecule has 0 saturated heterocycles. The van der Waals surface area contributed by atoms with Crippen molar-refractivity contribution in [2.45, 2.75) is 32.9 Å². The van der Waals surface area contributed by atoms with E-state index in [4.69, 9.17) is 4.74 Å². The molecule has 26 heavy (non-hydrogen) atoms. The minimum Gasteiger partial charge on any atom is -0.491 e. The van der Waals surface area contributed by atoms with Gasteiger partial charge in [-0.15, -0.1) is 0 Å². The molecule has 0 heterocycles. The van der Waals surface area contributed by atoms with Crippen LogP contribution in [0.1, 0.15) is 25.8 Å². The number of benzene rings is 2. The number of halogens is 2. The number of aliphatic hydroxyl groups is 1. The van der Waals surface area contributed by atoms with Gasteiger partial charge in [-0.05, 0) is 37.1 Å². The summed E-state index contributed by atoms with van der Waals surface area (Å²) in [5.41, 5.74) is 0.423. The maximum absolute atomic E-state index is 14.0. The van der Waals surface area contributed by atoms with Crippen molar-refractivity contribution in [2.24, 2.45) is 5.92 Å². The molecule has 2 rings (SSSR count). The fourth-order valence-corrected chi connectivity index (χ4v) is 2.63. The summed E-state index contributed by atoms with van der Waals surface area (Å²) >= 11 is 0. The molecule has 2 aromatic carbocycles. The lowest BCUT2D eigenvalue weighted by Gasteiger charge is -2.26. The fraction of sp³-hybridized carbons (Fsp3) is 0.429. The molecule has 0 amide bonds. The Hall–Kier alpha value is -1.98. The first kappa shape index (κ1) is 20.3. The van der Waals surface area contributed by atoms with Gasteiger partial charge in [0, 0.05) is 24.7 Å². The van der Waals surface area contributed by atoms with Crippen LogP contribution in [-0.4, -0.2) is 35.8 Å². The topological polar surface area (TPSA) is 32.7 Å². The van der Waals surface area contributed by atoms with Crippen LogP contribution >= 0.6 is 0 Å². The van der Waals surface area contributed by atoms with E-state index < -0.39 is 17.7 Å². The average Bonchev–Trinajstić information content (AvgIpc) is 2.61. The smallest absolute Gasteiger partial charge is 0.130 e. The van der Waals surface area contributed by atoms with Crippen LogP contribution in [-0.2, 0) is 6.54 Å². The Morgan fingerprint density at radius 2 is 1.81 bits per heavy atom. The first-order valence-electron chi connectivity index (χ1n) is 8.96. The van der Waals surface area contributed by atoms with Gasteiger partial charge >= 0.3 is 0 Å². The maximum atomic E-state index is 14.0. The Kier molecular flexibility index (Phi) is 8.01. The van der Waals surface area contributed by atoms with Crippen LogP contribution in [0.15, 0.2) is 48.5 Å². The van der Waals surface area contributed by atoms with Gasteiger partial charge in [-0.1, -0.05) is 38.1 Å². The summed E-state index contributed by atoms with van der Waals surface area (Å²) in [4.78, 5) is 1.98. The molecule has 0 spiro atoms. The van der Waals surface area contributed by atoms with Gasteiger partial charge in [-0.3, -0.25) is 4.90 Å². The van der Waals surface area contributed by atoms with E-state index in [9.17, 15) is 13.9 Å². The van der Waals surface area contributed by atoms with E-state index in [2.05, 4.69) is 13.8 Å². The second-order valence-corrected chi connectivity index (χ2v) is 6.93. The molecular weight excluding hydrogens is 336 g/mol. The molecule has 5 heteroatoms. The van der Waals surface area contributed by atoms with E-state index in [1.165, 1.54) is 12.1 Å². The second kappa shape index (κ2) is 10.2. The number of para-hydroxylation sites is 1. The third-order valence-corrected chi connectivity index (χ3v) is 4.09. The molecular formula is C21H27F2NO2. The van der Waals surface area contributed by atoms with Crippen LogP contribution in [0.4, 0.5) is 8.78 Å². The number of hydrogen-bond acceptors (Lipinski definition) is 3. The van der Waals surface area contributed by atoms with Gasteiger partial charge in [0.05, 0.1) is 0 Å². The van der Waals surface area contributed by atoms with E-state index in [1.807, 2.05) is 35.2 Å². The summed E-state index contributed by atoms with van der Waals surface area (Å²) in [6.45, 7) is 5.79. The molecule has 0 fully saturated rings. The normalized spacial score (nSPS) is 12.6. The molecule has 0 bridgehead atoms. The van der Waals surface area contributed by atoms with Crippen LogP contribution in [0.25, 0.3) is 0 Å². The third kappa shape index (κ3) is 7.10. The molecule has 0 aromatic heterocycles. The van der Waals surface area contributed by atoms with Crippen molar-refractivity contribution < 1.29 is 18.6 Å². The lowest BCUT2D eigenvalue weighted by Crippen LogP contribution is -2.36. The molecule has 0 unspecified atom stereocenters. The summed E-state index contributed by atoms with van der Waals surface area (Å²) in [6.07, 6.45) is 0.223. The Bertz CT molecular complexity index is 664. The van der Waals surface area contributed by atoms with Crippen LogP contribution in [0, 0.1) is 17.6 Å². The van der Waals surface area contributed by atoms with Crippen molar-refractivity contribution >= 4 is 0 Å². The van der Waals surface area contributed by atoms with E-state index in [0.29, 0.717) is 30.3 Å². The predicted molar refractivity (Wildman–Crippen MR) is 99.0 cm³/mol. The van der Waals surface area contributed by atoms with Crippen molar-refractivity contribution in [1.82, 2.24) is 4.90 Å². The third-order valence-electron chi connectivity index (χ3n) is 4.09. The van der Waals surface area contributed by atoms with Crippen molar-refractivity contribution in [3.8, 4) is 5.75 Å². The van der Waals surface area contributed by atoms with Crippen molar-refractivity contribution in [3.05, 3.63) is 65.7 Å². The van der Waals surface area contributed by atoms with E-state index in [0.717, 1.165) is 19.0 Å². The highest BCUT2D eigenvalue weighted by Crippen LogP contribution is 2.15. The minimum absolute atomic E-state index is 0.161. The highest BCUT2D eigenvalue weighted by Gasteiger charge is 2.16. The summed E-state index contributed by atoms with van der Waals surface area (Å²) in [5, 5.41) is 10.3. The van der Waals surface area contributed by atoms with Gasteiger partial charge in [0.25, 0.3) is 0 Å². The molecule has 0 saturated carbocycles. The lowest BCUT2D eigenvalue weighted by atomic mass is 10.1. The van der Waals surface area contributed by atoms with Gasteiger partial charge in [0.1, 0.15) is 30.1 Å². The first-order chi connectivity index (χ1) is 12.4. The van der Waals surface area contributed by atoms with Gasteiger partial charge < -0.3 is 9.84 Å². The Morgan fingerprint density at radius 1 is 1.08 bits per heavy atom. The zero-order valence-electron chi connectivity index (χ0n) is 15.4. The molecule has 0 radical (unpaired) electrons. The molecule has 0 aliphatic heterocycles. The molecule has 1 N–H and O–H groups in total. The maximum Gasteiger partial charge on any atom is 0.130 e. The van der Waals surface area contributed by atoms with Gasteiger partial charge in [0.15, 0.2) is 0 Å². The van der Waals surface area contributed by atoms with Crippen LogP contribution in [0.3, 0.4) is 0 Å². The van der Waals surface area contributed by atoms with Gasteiger partial charge in [-0.2, -0.15) is 0 Å². The van der Waals surface area contributed by atoms with Gasteiger partial charge in [0.2, 0.25) is 0 Å². The van der Waals surface area contributed by atoms with Crippen molar-refractivity contribution in [3.63, 3.8) is 0 Å². The monoisotopic (exact) mass is 363 g/mol. The second-order valence-electron chi connectivity index (χ2n) is 6.93. The fourth-order valence-electron chi connectivity index (χ4n) is 2.63. The number of ether oxygens (including phenoxy) is 1. The molecule has 0 aliphatic rings. The lowest BCUT2D eigenvalue weighted by molar-refractivity contribution is 0.0635. The van der Waals surface area contributed by atoms with Crippen molar-refractivity contribution in [1.29, 1.82) is 0 Å². The molecule has 0 aliphatic carbocycles. The van der Waals surface area contributed by atoms with E-state index in [1.54, 1.807) is 0 Å². The predicted octanol–water partition coefficient (Wildman–Crippen LogP) is 4.25. The summed E-state index contributed by atoms with van der Waals surface area (Å²) < 4.78 is 32.6. The van der Waals surface area contributed by atoms with E-state index in [-0.39, 0.29) is 6.61 Å². The summed E-state index contributed by atoms with van der Waals surface area (Å²) in [7, 11) is 0. The quantitative estimate of drug-likeness (QED) is 0.685. The van der Waals surface area contributed by atoms with E-state index >= 15 is 0 Å². The number of hydrogen-bond donors (Lipinski definition) is 1. The SMILES string of the molecule is CC(C)CCN(Cc1ccc(F)cc1F)C[C@@H](O)COc1ccccc1. The summed E-state index contributed by atoms with van der Waals surface area (Å²) in [5.74, 6) is 0.0454. The highest BCUT2D eigenvalue weighted by atomic mass is 19.1. The average molecular weight is 363 g/mol. The Morgan fingerprint density at radius 3 is 2.46 bits per heavy atom. The molecule has 1 atom stereocenters. The molecule has 142 valence electrons. The van der Waals surface area contributed by atoms with Gasteiger partial charge in [-0.25, -0.2) is 8.78 Å². The summed E-state index contributed by atoms with van der Waals surface area (Å²) in [6, 6.07) is 12.9. The molecule has 2 aromatic rings. The first-order valence-corrected chi connectivity index (χ1v) is 8.96. The van der Waals surface area contributed by atoms with Crippen LogP contribution in [0.5, 0.6) is 5.75 Å². The number of nitrogens with zero attached hydrogens (tertiary/aromatic N) is 1. The van der Waals surface area contributed by atoms with Crippen LogP contribution < -0.4 is 4.74 Å². The zero-order chi connectivity index (χ0) is 18.9. The Balaban J connectivity index is 1.94. The largest absolute Gasteiger partial charge is 0.491 e. The zero-order valence-corrected chi connectivity index (χ0v) is 15.4. The standard InChI is InChI=1S/C21H27F2NO2/c1-16(2)10-11-24(13-17-8-9-18(22)12-21(17)23)14-19(25)15-26-20-6-4-3-5-7-20/h3-9,12,16,19,25H,10-11,13-15H2,1-2H3/t19-/m1/s1. The number of aliphatic hydroxyl groups excluding tert-OH is 1. The molecule has 3 nitrogen and oxygen atoms in total. The number of rotatable bonds is 10.